The lowest BCUT2D eigenvalue weighted by Crippen LogP contribution is -2.06. The van der Waals surface area contributed by atoms with E-state index in [0.717, 1.165) is 5.69 Å². The first-order valence-corrected chi connectivity index (χ1v) is 6.12. The molecule has 6 nitrogen and oxygen atoms in total. The van der Waals surface area contributed by atoms with Crippen LogP contribution in [0, 0.1) is 17.0 Å². The van der Waals surface area contributed by atoms with Crippen LogP contribution in [0.2, 0.25) is 0 Å². The van der Waals surface area contributed by atoms with Crippen molar-refractivity contribution < 1.29 is 9.66 Å². The van der Waals surface area contributed by atoms with E-state index in [2.05, 4.69) is 4.98 Å². The van der Waals surface area contributed by atoms with Crippen molar-refractivity contribution in [1.82, 2.24) is 4.98 Å². The number of nitrogens with zero attached hydrogens (tertiary/aromatic N) is 2. The first-order valence-electron chi connectivity index (χ1n) is 6.12. The van der Waals surface area contributed by atoms with Crippen molar-refractivity contribution in [2.75, 3.05) is 0 Å². The van der Waals surface area contributed by atoms with Gasteiger partial charge in [-0.15, -0.1) is 0 Å². The van der Waals surface area contributed by atoms with Crippen LogP contribution in [0.1, 0.15) is 24.2 Å². The summed E-state index contributed by atoms with van der Waals surface area (Å²) in [6, 6.07) is 8.20. The average Bonchev–Trinajstić information content (AvgIpc) is 2.39. The molecule has 1 heterocycles. The second-order valence-corrected chi connectivity index (χ2v) is 4.49. The predicted octanol–water partition coefficient (Wildman–Crippen LogP) is 3.11. The molecule has 0 aliphatic heterocycles. The van der Waals surface area contributed by atoms with Gasteiger partial charge in [0.05, 0.1) is 16.8 Å². The van der Waals surface area contributed by atoms with Gasteiger partial charge in [0.2, 0.25) is 5.75 Å². The number of nitro groups is 1. The van der Waals surface area contributed by atoms with Gasteiger partial charge in [-0.3, -0.25) is 15.1 Å². The monoisotopic (exact) mass is 273 g/mol. The molecule has 2 aromatic rings. The van der Waals surface area contributed by atoms with Gasteiger partial charge in [0, 0.05) is 11.6 Å². The maximum absolute atomic E-state index is 11.1. The Morgan fingerprint density at radius 3 is 2.65 bits per heavy atom. The third-order valence-electron chi connectivity index (χ3n) is 2.84. The fourth-order valence-corrected chi connectivity index (χ4v) is 1.80. The number of pyridine rings is 1. The topological polar surface area (TPSA) is 91.3 Å². The van der Waals surface area contributed by atoms with Crippen LogP contribution in [-0.4, -0.2) is 9.91 Å². The summed E-state index contributed by atoms with van der Waals surface area (Å²) in [5.41, 5.74) is 6.95. The van der Waals surface area contributed by atoms with E-state index in [1.807, 2.05) is 6.92 Å². The van der Waals surface area contributed by atoms with Gasteiger partial charge in [-0.2, -0.15) is 0 Å². The van der Waals surface area contributed by atoms with E-state index in [9.17, 15) is 10.1 Å². The molecule has 1 unspecified atom stereocenters. The molecule has 1 aromatic heterocycles. The van der Waals surface area contributed by atoms with Crippen molar-refractivity contribution in [3.8, 4) is 11.5 Å². The summed E-state index contributed by atoms with van der Waals surface area (Å²) in [6.45, 7) is 3.50. The van der Waals surface area contributed by atoms with Crippen LogP contribution >= 0.6 is 0 Å². The van der Waals surface area contributed by atoms with Crippen molar-refractivity contribution in [2.45, 2.75) is 19.9 Å². The second-order valence-electron chi connectivity index (χ2n) is 4.49. The van der Waals surface area contributed by atoms with Crippen molar-refractivity contribution in [1.29, 1.82) is 0 Å². The van der Waals surface area contributed by atoms with E-state index in [-0.39, 0.29) is 17.5 Å². The number of ether oxygens (including phenoxy) is 1. The van der Waals surface area contributed by atoms with Crippen LogP contribution in [0.5, 0.6) is 11.5 Å². The number of nitro benzene ring substituents is 1. The van der Waals surface area contributed by atoms with E-state index in [1.54, 1.807) is 37.3 Å². The first kappa shape index (κ1) is 14.0. The number of rotatable bonds is 4. The molecule has 0 saturated carbocycles. The van der Waals surface area contributed by atoms with Crippen molar-refractivity contribution in [3.63, 3.8) is 0 Å². The lowest BCUT2D eigenvalue weighted by atomic mass is 10.2. The maximum Gasteiger partial charge on any atom is 0.314 e. The molecule has 0 bridgehead atoms. The van der Waals surface area contributed by atoms with Gasteiger partial charge in [0.1, 0.15) is 5.75 Å². The van der Waals surface area contributed by atoms with E-state index < -0.39 is 4.92 Å². The number of aryl methyl sites for hydroxylation is 1. The lowest BCUT2D eigenvalue weighted by molar-refractivity contribution is -0.386. The van der Waals surface area contributed by atoms with E-state index in [0.29, 0.717) is 11.3 Å². The normalized spacial score (nSPS) is 11.9. The zero-order chi connectivity index (χ0) is 14.7. The average molecular weight is 273 g/mol. The van der Waals surface area contributed by atoms with Gasteiger partial charge in [0.25, 0.3) is 0 Å². The van der Waals surface area contributed by atoms with Gasteiger partial charge < -0.3 is 10.5 Å². The minimum atomic E-state index is -0.450. The summed E-state index contributed by atoms with van der Waals surface area (Å²) in [6.07, 6.45) is 1.50. The fraction of sp³-hybridized carbons (Fsp3) is 0.214. The summed E-state index contributed by atoms with van der Waals surface area (Å²) >= 11 is 0. The van der Waals surface area contributed by atoms with Crippen molar-refractivity contribution in [3.05, 3.63) is 57.9 Å². The van der Waals surface area contributed by atoms with Crippen molar-refractivity contribution >= 4 is 5.69 Å². The SMILES string of the molecule is Cc1cccc(Oc2ccc(C(C)N)nc2)c1[N+](=O)[O-]. The third kappa shape index (κ3) is 2.92. The number of benzene rings is 1. The molecule has 0 fully saturated rings. The standard InChI is InChI=1S/C14H15N3O3/c1-9-4-3-5-13(14(9)17(18)19)20-11-6-7-12(10(2)15)16-8-11/h3-8,10H,15H2,1-2H3. The molecule has 20 heavy (non-hydrogen) atoms. The largest absolute Gasteiger partial charge is 0.448 e. The highest BCUT2D eigenvalue weighted by Gasteiger charge is 2.18. The summed E-state index contributed by atoms with van der Waals surface area (Å²) in [5, 5.41) is 11.1. The number of hydrogen-bond donors (Lipinski definition) is 1. The third-order valence-corrected chi connectivity index (χ3v) is 2.84. The van der Waals surface area contributed by atoms with E-state index in [1.165, 1.54) is 6.20 Å². The predicted molar refractivity (Wildman–Crippen MR) is 74.7 cm³/mol. The Balaban J connectivity index is 2.30. The van der Waals surface area contributed by atoms with Crippen LogP contribution in [0.3, 0.4) is 0 Å². The highest BCUT2D eigenvalue weighted by molar-refractivity contribution is 5.53. The zero-order valence-electron chi connectivity index (χ0n) is 11.2. The molecule has 0 radical (unpaired) electrons. The molecule has 0 aliphatic rings. The molecular weight excluding hydrogens is 258 g/mol. The molecule has 1 atom stereocenters. The minimum absolute atomic E-state index is 0.0382. The number of nitrogens with two attached hydrogens (primary N) is 1. The zero-order valence-corrected chi connectivity index (χ0v) is 11.2. The Labute approximate surface area is 116 Å². The van der Waals surface area contributed by atoms with Gasteiger partial charge in [0.15, 0.2) is 0 Å². The van der Waals surface area contributed by atoms with Crippen LogP contribution in [-0.2, 0) is 0 Å². The molecule has 0 aliphatic carbocycles. The Bertz CT molecular complexity index is 624. The van der Waals surface area contributed by atoms with Gasteiger partial charge in [-0.1, -0.05) is 12.1 Å². The Kier molecular flexibility index (Phi) is 3.95. The fourth-order valence-electron chi connectivity index (χ4n) is 1.80. The first-order chi connectivity index (χ1) is 9.49. The smallest absolute Gasteiger partial charge is 0.314 e. The summed E-state index contributed by atoms with van der Waals surface area (Å²) in [7, 11) is 0. The minimum Gasteiger partial charge on any atom is -0.448 e. The lowest BCUT2D eigenvalue weighted by Gasteiger charge is -2.09. The Hall–Kier alpha value is -2.47. The van der Waals surface area contributed by atoms with Crippen LogP contribution in [0.15, 0.2) is 36.5 Å². The van der Waals surface area contributed by atoms with Gasteiger partial charge >= 0.3 is 5.69 Å². The van der Waals surface area contributed by atoms with E-state index in [4.69, 9.17) is 10.5 Å². The number of para-hydroxylation sites is 1. The number of hydrogen-bond acceptors (Lipinski definition) is 5. The van der Waals surface area contributed by atoms with Crippen molar-refractivity contribution in [2.24, 2.45) is 5.73 Å². The molecule has 0 amide bonds. The van der Waals surface area contributed by atoms with E-state index >= 15 is 0 Å². The van der Waals surface area contributed by atoms with Gasteiger partial charge in [-0.25, -0.2) is 0 Å². The molecule has 104 valence electrons. The molecule has 0 spiro atoms. The molecular formula is C14H15N3O3. The summed E-state index contributed by atoms with van der Waals surface area (Å²) in [4.78, 5) is 14.8. The molecule has 6 heteroatoms. The Morgan fingerprint density at radius 2 is 2.10 bits per heavy atom. The summed E-state index contributed by atoms with van der Waals surface area (Å²) in [5.74, 6) is 0.633. The summed E-state index contributed by atoms with van der Waals surface area (Å²) < 4.78 is 5.54. The molecule has 1 aromatic carbocycles. The van der Waals surface area contributed by atoms with Crippen LogP contribution in [0.4, 0.5) is 5.69 Å². The highest BCUT2D eigenvalue weighted by Crippen LogP contribution is 2.33. The number of aromatic nitrogens is 1. The maximum atomic E-state index is 11.1. The Morgan fingerprint density at radius 1 is 1.35 bits per heavy atom. The quantitative estimate of drug-likeness (QED) is 0.682. The molecule has 2 N–H and O–H groups in total. The van der Waals surface area contributed by atoms with Crippen LogP contribution < -0.4 is 10.5 Å². The molecule has 2 rings (SSSR count). The highest BCUT2D eigenvalue weighted by atomic mass is 16.6. The van der Waals surface area contributed by atoms with Gasteiger partial charge in [-0.05, 0) is 32.0 Å². The van der Waals surface area contributed by atoms with Crippen LogP contribution in [0.25, 0.3) is 0 Å². The molecule has 0 saturated heterocycles. The second kappa shape index (κ2) is 5.66.